The summed E-state index contributed by atoms with van der Waals surface area (Å²) in [7, 11) is 0. The van der Waals surface area contributed by atoms with Gasteiger partial charge in [-0.3, -0.25) is 4.79 Å². The van der Waals surface area contributed by atoms with Crippen molar-refractivity contribution in [1.82, 2.24) is 10.6 Å². The molecule has 0 unspecified atom stereocenters. The van der Waals surface area contributed by atoms with Crippen LogP contribution in [0.2, 0.25) is 5.02 Å². The smallest absolute Gasteiger partial charge is 0.226 e. The number of halogens is 1. The molecule has 0 aliphatic carbocycles. The van der Waals surface area contributed by atoms with Crippen LogP contribution in [0.3, 0.4) is 0 Å². The van der Waals surface area contributed by atoms with Crippen molar-refractivity contribution in [2.24, 2.45) is 5.41 Å². The number of benzene rings is 1. The van der Waals surface area contributed by atoms with Crippen molar-refractivity contribution < 1.29 is 4.79 Å². The van der Waals surface area contributed by atoms with Gasteiger partial charge in [-0.15, -0.1) is 0 Å². The van der Waals surface area contributed by atoms with Crippen LogP contribution in [0, 0.1) is 5.41 Å². The molecule has 1 heterocycles. The first kappa shape index (κ1) is 16.3. The number of carbonyl (C=O) groups excluding carboxylic acids is 1. The van der Waals surface area contributed by atoms with Crippen molar-refractivity contribution in [1.29, 1.82) is 0 Å². The first-order valence-corrected chi connectivity index (χ1v) is 8.22. The van der Waals surface area contributed by atoms with Crippen LogP contribution in [-0.2, 0) is 4.79 Å². The van der Waals surface area contributed by atoms with E-state index >= 15 is 0 Å². The number of piperidine rings is 1. The van der Waals surface area contributed by atoms with Gasteiger partial charge in [-0.2, -0.15) is 0 Å². The average Bonchev–Trinajstić information content (AvgIpc) is 2.49. The third-order valence-electron chi connectivity index (χ3n) is 4.49. The zero-order chi connectivity index (χ0) is 15.3. The van der Waals surface area contributed by atoms with E-state index in [-0.39, 0.29) is 17.4 Å². The largest absolute Gasteiger partial charge is 0.349 e. The van der Waals surface area contributed by atoms with Gasteiger partial charge >= 0.3 is 0 Å². The SMILES string of the molecule is CCCC1(C(=O)N[C@@H](C)c2ccc(Cl)cc2)CCNCC1. The summed E-state index contributed by atoms with van der Waals surface area (Å²) in [4.78, 5) is 12.8. The maximum Gasteiger partial charge on any atom is 0.226 e. The van der Waals surface area contributed by atoms with Gasteiger partial charge in [0.05, 0.1) is 11.5 Å². The Morgan fingerprint density at radius 1 is 1.33 bits per heavy atom. The summed E-state index contributed by atoms with van der Waals surface area (Å²) in [5.41, 5.74) is 0.897. The van der Waals surface area contributed by atoms with Crippen LogP contribution in [0.4, 0.5) is 0 Å². The zero-order valence-corrected chi connectivity index (χ0v) is 13.7. The quantitative estimate of drug-likeness (QED) is 0.871. The van der Waals surface area contributed by atoms with E-state index in [0.29, 0.717) is 0 Å². The van der Waals surface area contributed by atoms with Gasteiger partial charge in [-0.05, 0) is 57.0 Å². The molecule has 1 aromatic rings. The molecular formula is C17H25ClN2O. The fraction of sp³-hybridized carbons (Fsp3) is 0.588. The molecule has 1 aromatic carbocycles. The predicted octanol–water partition coefficient (Wildman–Crippen LogP) is 3.69. The molecule has 3 nitrogen and oxygen atoms in total. The van der Waals surface area contributed by atoms with Gasteiger partial charge < -0.3 is 10.6 Å². The molecule has 21 heavy (non-hydrogen) atoms. The molecule has 0 spiro atoms. The molecule has 0 saturated carbocycles. The topological polar surface area (TPSA) is 41.1 Å². The van der Waals surface area contributed by atoms with Crippen LogP contribution < -0.4 is 10.6 Å². The van der Waals surface area contributed by atoms with E-state index < -0.39 is 0 Å². The van der Waals surface area contributed by atoms with E-state index in [1.54, 1.807) is 0 Å². The van der Waals surface area contributed by atoms with E-state index in [2.05, 4.69) is 17.6 Å². The van der Waals surface area contributed by atoms with Crippen molar-refractivity contribution in [3.8, 4) is 0 Å². The first-order valence-electron chi connectivity index (χ1n) is 7.84. The molecule has 0 radical (unpaired) electrons. The summed E-state index contributed by atoms with van der Waals surface area (Å²) in [6.07, 6.45) is 3.87. The van der Waals surface area contributed by atoms with Crippen molar-refractivity contribution in [2.45, 2.75) is 45.6 Å². The number of rotatable bonds is 5. The lowest BCUT2D eigenvalue weighted by atomic mass is 9.74. The van der Waals surface area contributed by atoms with Crippen LogP contribution in [0.15, 0.2) is 24.3 Å². The van der Waals surface area contributed by atoms with E-state index in [1.807, 2.05) is 31.2 Å². The molecular weight excluding hydrogens is 284 g/mol. The minimum absolute atomic E-state index is 0.0124. The van der Waals surface area contributed by atoms with E-state index in [0.717, 1.165) is 49.4 Å². The Morgan fingerprint density at radius 3 is 2.52 bits per heavy atom. The number of hydrogen-bond donors (Lipinski definition) is 2. The summed E-state index contributed by atoms with van der Waals surface area (Å²) >= 11 is 5.91. The van der Waals surface area contributed by atoms with Crippen LogP contribution in [-0.4, -0.2) is 19.0 Å². The minimum atomic E-state index is -0.194. The number of carbonyl (C=O) groups is 1. The van der Waals surface area contributed by atoms with Crippen LogP contribution >= 0.6 is 11.6 Å². The van der Waals surface area contributed by atoms with E-state index in [4.69, 9.17) is 11.6 Å². The van der Waals surface area contributed by atoms with Gasteiger partial charge in [0.2, 0.25) is 5.91 Å². The van der Waals surface area contributed by atoms with Gasteiger partial charge in [0.1, 0.15) is 0 Å². The fourth-order valence-corrected chi connectivity index (χ4v) is 3.28. The Balaban J connectivity index is 2.05. The van der Waals surface area contributed by atoms with E-state index in [1.165, 1.54) is 0 Å². The lowest BCUT2D eigenvalue weighted by Gasteiger charge is -2.37. The Labute approximate surface area is 132 Å². The second kappa shape index (κ2) is 7.28. The summed E-state index contributed by atoms with van der Waals surface area (Å²) < 4.78 is 0. The standard InChI is InChI=1S/C17H25ClN2O/c1-3-8-17(9-11-19-12-10-17)16(21)20-13(2)14-4-6-15(18)7-5-14/h4-7,13,19H,3,8-12H2,1-2H3,(H,20,21)/t13-/m0/s1. The zero-order valence-electron chi connectivity index (χ0n) is 12.9. The second-order valence-electron chi connectivity index (χ2n) is 6.03. The maximum absolute atomic E-state index is 12.8. The predicted molar refractivity (Wildman–Crippen MR) is 87.5 cm³/mol. The molecule has 0 bridgehead atoms. The molecule has 1 aliphatic heterocycles. The molecule has 2 rings (SSSR count). The van der Waals surface area contributed by atoms with Crippen molar-refractivity contribution >= 4 is 17.5 Å². The monoisotopic (exact) mass is 308 g/mol. The van der Waals surface area contributed by atoms with Crippen molar-refractivity contribution in [3.05, 3.63) is 34.9 Å². The molecule has 1 amide bonds. The third-order valence-corrected chi connectivity index (χ3v) is 4.74. The molecule has 1 saturated heterocycles. The average molecular weight is 309 g/mol. The second-order valence-corrected chi connectivity index (χ2v) is 6.46. The van der Waals surface area contributed by atoms with Crippen molar-refractivity contribution in [2.75, 3.05) is 13.1 Å². The van der Waals surface area contributed by atoms with Gasteiger partial charge in [0.15, 0.2) is 0 Å². The highest BCUT2D eigenvalue weighted by Crippen LogP contribution is 2.35. The normalized spacial score (nSPS) is 19.0. The highest BCUT2D eigenvalue weighted by atomic mass is 35.5. The number of nitrogens with one attached hydrogen (secondary N) is 2. The number of hydrogen-bond acceptors (Lipinski definition) is 2. The van der Waals surface area contributed by atoms with Crippen LogP contribution in [0.25, 0.3) is 0 Å². The molecule has 1 fully saturated rings. The minimum Gasteiger partial charge on any atom is -0.349 e. The maximum atomic E-state index is 12.8. The Bertz CT molecular complexity index is 461. The highest BCUT2D eigenvalue weighted by molar-refractivity contribution is 6.30. The van der Waals surface area contributed by atoms with Crippen LogP contribution in [0.5, 0.6) is 0 Å². The summed E-state index contributed by atoms with van der Waals surface area (Å²) in [6.45, 7) is 6.05. The highest BCUT2D eigenvalue weighted by Gasteiger charge is 2.38. The molecule has 1 aliphatic rings. The molecule has 1 atom stereocenters. The molecule has 2 N–H and O–H groups in total. The first-order chi connectivity index (χ1) is 10.1. The van der Waals surface area contributed by atoms with Gasteiger partial charge in [0, 0.05) is 5.02 Å². The van der Waals surface area contributed by atoms with Gasteiger partial charge in [-0.25, -0.2) is 0 Å². The molecule has 0 aromatic heterocycles. The molecule has 4 heteroatoms. The Morgan fingerprint density at radius 2 is 1.95 bits per heavy atom. The third kappa shape index (κ3) is 3.98. The Kier molecular flexibility index (Phi) is 5.65. The molecule has 116 valence electrons. The van der Waals surface area contributed by atoms with E-state index in [9.17, 15) is 4.79 Å². The lowest BCUT2D eigenvalue weighted by Crippen LogP contribution is -2.48. The summed E-state index contributed by atoms with van der Waals surface area (Å²) in [5, 5.41) is 7.27. The van der Waals surface area contributed by atoms with Crippen LogP contribution in [0.1, 0.15) is 51.1 Å². The number of amides is 1. The fourth-order valence-electron chi connectivity index (χ4n) is 3.16. The summed E-state index contributed by atoms with van der Waals surface area (Å²) in [5.74, 6) is 0.202. The lowest BCUT2D eigenvalue weighted by molar-refractivity contribution is -0.133. The van der Waals surface area contributed by atoms with Gasteiger partial charge in [0.25, 0.3) is 0 Å². The Hall–Kier alpha value is -1.06. The van der Waals surface area contributed by atoms with Gasteiger partial charge in [-0.1, -0.05) is 37.1 Å². The summed E-state index contributed by atoms with van der Waals surface area (Å²) in [6, 6.07) is 7.70. The van der Waals surface area contributed by atoms with Crippen molar-refractivity contribution in [3.63, 3.8) is 0 Å².